The van der Waals surface area contributed by atoms with Crippen LogP contribution < -0.4 is 4.90 Å². The third kappa shape index (κ3) is 4.44. The Morgan fingerprint density at radius 3 is 2.27 bits per heavy atom. The van der Waals surface area contributed by atoms with Crippen LogP contribution in [0.1, 0.15) is 15.2 Å². The molecule has 156 valence electrons. The van der Waals surface area contributed by atoms with Gasteiger partial charge in [0.05, 0.1) is 28.0 Å². The molecule has 0 radical (unpaired) electrons. The van der Waals surface area contributed by atoms with E-state index in [4.69, 9.17) is 16.3 Å². The van der Waals surface area contributed by atoms with Crippen molar-refractivity contribution in [2.45, 2.75) is 4.90 Å². The molecular formula is C22H20ClNO4S2. The van der Waals surface area contributed by atoms with Gasteiger partial charge in [0.2, 0.25) is 5.78 Å². The van der Waals surface area contributed by atoms with E-state index in [0.717, 1.165) is 29.2 Å². The topological polar surface area (TPSA) is 63.7 Å². The highest BCUT2D eigenvalue weighted by molar-refractivity contribution is 7.90. The van der Waals surface area contributed by atoms with Gasteiger partial charge in [0.1, 0.15) is 0 Å². The molecule has 0 aliphatic carbocycles. The van der Waals surface area contributed by atoms with Crippen LogP contribution in [0, 0.1) is 0 Å². The first-order valence-electron chi connectivity index (χ1n) is 9.40. The zero-order chi connectivity index (χ0) is 21.3. The zero-order valence-corrected chi connectivity index (χ0v) is 18.7. The summed E-state index contributed by atoms with van der Waals surface area (Å²) in [4.78, 5) is 16.2. The normalized spacial score (nSPS) is 14.7. The van der Waals surface area contributed by atoms with Crippen LogP contribution in [0.2, 0.25) is 5.02 Å². The lowest BCUT2D eigenvalue weighted by molar-refractivity contribution is 0.104. The minimum atomic E-state index is -3.27. The molecule has 2 aromatic carbocycles. The highest BCUT2D eigenvalue weighted by atomic mass is 35.5. The van der Waals surface area contributed by atoms with Crippen molar-refractivity contribution in [1.29, 1.82) is 0 Å². The third-order valence-electron chi connectivity index (χ3n) is 4.93. The van der Waals surface area contributed by atoms with Gasteiger partial charge < -0.3 is 9.64 Å². The van der Waals surface area contributed by atoms with E-state index >= 15 is 0 Å². The Kier molecular flexibility index (Phi) is 5.97. The van der Waals surface area contributed by atoms with E-state index in [9.17, 15) is 13.2 Å². The number of ether oxygens (including phenoxy) is 1. The molecule has 0 saturated carbocycles. The molecule has 4 rings (SSSR count). The van der Waals surface area contributed by atoms with E-state index in [1.165, 1.54) is 17.6 Å². The second-order valence-corrected chi connectivity index (χ2v) is 10.5. The fourth-order valence-corrected chi connectivity index (χ4v) is 5.28. The number of rotatable bonds is 5. The molecule has 1 fully saturated rings. The lowest BCUT2D eigenvalue weighted by Gasteiger charge is -2.28. The number of halogens is 1. The number of sulfone groups is 1. The fourth-order valence-electron chi connectivity index (χ4n) is 3.33. The summed E-state index contributed by atoms with van der Waals surface area (Å²) >= 11 is 7.40. The van der Waals surface area contributed by atoms with E-state index in [-0.39, 0.29) is 10.7 Å². The van der Waals surface area contributed by atoms with Crippen LogP contribution in [-0.4, -0.2) is 46.8 Å². The number of hydrogen-bond donors (Lipinski definition) is 0. The molecule has 0 unspecified atom stereocenters. The van der Waals surface area contributed by atoms with Crippen molar-refractivity contribution in [3.63, 3.8) is 0 Å². The van der Waals surface area contributed by atoms with Gasteiger partial charge in [0, 0.05) is 35.5 Å². The van der Waals surface area contributed by atoms with Gasteiger partial charge in [0.25, 0.3) is 0 Å². The van der Waals surface area contributed by atoms with E-state index in [2.05, 4.69) is 4.90 Å². The fraction of sp³-hybridized carbons (Fsp3) is 0.227. The van der Waals surface area contributed by atoms with Crippen molar-refractivity contribution in [2.24, 2.45) is 0 Å². The Balaban J connectivity index is 1.76. The quantitative estimate of drug-likeness (QED) is 0.522. The van der Waals surface area contributed by atoms with Crippen molar-refractivity contribution in [3.05, 3.63) is 70.1 Å². The van der Waals surface area contributed by atoms with Crippen LogP contribution in [-0.2, 0) is 14.6 Å². The third-order valence-corrected chi connectivity index (χ3v) is 7.51. The molecule has 30 heavy (non-hydrogen) atoms. The molecule has 8 heteroatoms. The number of carbonyl (C=O) groups is 1. The number of anilines is 1. The lowest BCUT2D eigenvalue weighted by Crippen LogP contribution is -2.35. The van der Waals surface area contributed by atoms with Gasteiger partial charge in [-0.05, 0) is 48.0 Å². The second kappa shape index (κ2) is 8.51. The predicted octanol–water partition coefficient (Wildman–Crippen LogP) is 4.54. The maximum absolute atomic E-state index is 13.1. The number of ketones is 1. The van der Waals surface area contributed by atoms with Crippen LogP contribution in [0.3, 0.4) is 0 Å². The molecule has 1 saturated heterocycles. The molecule has 0 amide bonds. The van der Waals surface area contributed by atoms with Crippen molar-refractivity contribution < 1.29 is 17.9 Å². The van der Waals surface area contributed by atoms with Gasteiger partial charge in [-0.25, -0.2) is 8.42 Å². The monoisotopic (exact) mass is 461 g/mol. The molecule has 3 aromatic rings. The number of hydrogen-bond acceptors (Lipinski definition) is 6. The van der Waals surface area contributed by atoms with Crippen LogP contribution in [0.25, 0.3) is 11.1 Å². The van der Waals surface area contributed by atoms with Crippen molar-refractivity contribution in [3.8, 4) is 11.1 Å². The predicted molar refractivity (Wildman–Crippen MR) is 121 cm³/mol. The Hall–Kier alpha value is -2.19. The minimum Gasteiger partial charge on any atom is -0.378 e. The number of benzene rings is 2. The smallest absolute Gasteiger partial charge is 0.203 e. The van der Waals surface area contributed by atoms with Crippen LogP contribution >= 0.6 is 22.9 Å². The average molecular weight is 462 g/mol. The van der Waals surface area contributed by atoms with Gasteiger partial charge >= 0.3 is 0 Å². The molecular weight excluding hydrogens is 442 g/mol. The summed E-state index contributed by atoms with van der Waals surface area (Å²) in [6, 6.07) is 15.5. The molecule has 0 spiro atoms. The standard InChI is InChI=1S/C22H20ClNO4S2/c1-30(26,27)18-8-4-15(5-9-18)19-14-20(21(25)16-2-6-17(23)7-3-16)29-22(19)24-10-12-28-13-11-24/h2-9,14H,10-13H2,1H3. The van der Waals surface area contributed by atoms with E-state index in [1.807, 2.05) is 6.07 Å². The number of carbonyl (C=O) groups excluding carboxylic acids is 1. The molecule has 5 nitrogen and oxygen atoms in total. The summed E-state index contributed by atoms with van der Waals surface area (Å²) in [5.74, 6) is -0.0646. The number of thiophene rings is 1. The van der Waals surface area contributed by atoms with Crippen molar-refractivity contribution in [2.75, 3.05) is 37.5 Å². The SMILES string of the molecule is CS(=O)(=O)c1ccc(-c2cc(C(=O)c3ccc(Cl)cc3)sc2N2CCOCC2)cc1. The van der Waals surface area contributed by atoms with Crippen molar-refractivity contribution >= 4 is 43.6 Å². The Labute approximate surface area is 184 Å². The van der Waals surface area contributed by atoms with Gasteiger partial charge in [0.15, 0.2) is 9.84 Å². The summed E-state index contributed by atoms with van der Waals surface area (Å²) in [5, 5.41) is 1.57. The number of nitrogens with zero attached hydrogens (tertiary/aromatic N) is 1. The maximum atomic E-state index is 13.1. The summed E-state index contributed by atoms with van der Waals surface area (Å²) in [7, 11) is -3.27. The summed E-state index contributed by atoms with van der Waals surface area (Å²) < 4.78 is 29.1. The van der Waals surface area contributed by atoms with Gasteiger partial charge in [-0.15, -0.1) is 11.3 Å². The molecule has 0 N–H and O–H groups in total. The van der Waals surface area contributed by atoms with Gasteiger partial charge in [-0.1, -0.05) is 23.7 Å². The van der Waals surface area contributed by atoms with Crippen LogP contribution in [0.4, 0.5) is 5.00 Å². The number of morpholine rings is 1. The van der Waals surface area contributed by atoms with E-state index < -0.39 is 9.84 Å². The summed E-state index contributed by atoms with van der Waals surface area (Å²) in [6.07, 6.45) is 1.19. The minimum absolute atomic E-state index is 0.0646. The molecule has 1 aromatic heterocycles. The van der Waals surface area contributed by atoms with E-state index in [0.29, 0.717) is 28.7 Å². The first kappa shape index (κ1) is 21.1. The molecule has 0 bridgehead atoms. The Bertz CT molecular complexity index is 1160. The maximum Gasteiger partial charge on any atom is 0.203 e. The molecule has 2 heterocycles. The van der Waals surface area contributed by atoms with Crippen LogP contribution in [0.5, 0.6) is 0 Å². The first-order chi connectivity index (χ1) is 14.3. The Morgan fingerprint density at radius 2 is 1.67 bits per heavy atom. The first-order valence-corrected chi connectivity index (χ1v) is 12.5. The Morgan fingerprint density at radius 1 is 1.03 bits per heavy atom. The second-order valence-electron chi connectivity index (χ2n) is 7.06. The van der Waals surface area contributed by atoms with E-state index in [1.54, 1.807) is 48.5 Å². The van der Waals surface area contributed by atoms with Crippen LogP contribution in [0.15, 0.2) is 59.5 Å². The van der Waals surface area contributed by atoms with Gasteiger partial charge in [-0.2, -0.15) is 0 Å². The molecule has 1 aliphatic heterocycles. The molecule has 1 aliphatic rings. The van der Waals surface area contributed by atoms with Gasteiger partial charge in [-0.3, -0.25) is 4.79 Å². The highest BCUT2D eigenvalue weighted by Crippen LogP contribution is 2.40. The highest BCUT2D eigenvalue weighted by Gasteiger charge is 2.23. The largest absolute Gasteiger partial charge is 0.378 e. The zero-order valence-electron chi connectivity index (χ0n) is 16.3. The lowest BCUT2D eigenvalue weighted by atomic mass is 10.1. The van der Waals surface area contributed by atoms with Crippen molar-refractivity contribution in [1.82, 2.24) is 0 Å². The summed E-state index contributed by atoms with van der Waals surface area (Å²) in [5.41, 5.74) is 2.36. The average Bonchev–Trinajstić information content (AvgIpc) is 3.19. The molecule has 0 atom stereocenters. The summed E-state index contributed by atoms with van der Waals surface area (Å²) in [6.45, 7) is 2.74.